The molecular weight excluding hydrogens is 270 g/mol. The van der Waals surface area contributed by atoms with Crippen LogP contribution in [0.3, 0.4) is 0 Å². The number of piperidine rings is 1. The molecule has 0 spiro atoms. The predicted octanol–water partition coefficient (Wildman–Crippen LogP) is -0.166. The average Bonchev–Trinajstić information content (AvgIpc) is 3.03. The van der Waals surface area contributed by atoms with Crippen LogP contribution in [0.1, 0.15) is 25.7 Å². The Balaban J connectivity index is 1.66. The fourth-order valence-electron chi connectivity index (χ4n) is 3.77. The first-order valence-corrected chi connectivity index (χ1v) is 8.04. The summed E-state index contributed by atoms with van der Waals surface area (Å²) in [5.74, 6) is 0.674. The molecule has 0 aromatic rings. The summed E-state index contributed by atoms with van der Waals surface area (Å²) in [6.07, 6.45) is 3.91. The van der Waals surface area contributed by atoms with Crippen molar-refractivity contribution in [2.45, 2.75) is 37.8 Å². The Bertz CT molecular complexity index is 409. The highest BCUT2D eigenvalue weighted by molar-refractivity contribution is 5.95. The number of carbonyl (C=O) groups is 2. The largest absolute Gasteiger partial charge is 0.381 e. The lowest BCUT2D eigenvalue weighted by atomic mass is 9.95. The lowest BCUT2D eigenvalue weighted by molar-refractivity contribution is -0.158. The van der Waals surface area contributed by atoms with Crippen molar-refractivity contribution >= 4 is 11.8 Å². The summed E-state index contributed by atoms with van der Waals surface area (Å²) in [5, 5.41) is 3.30. The van der Waals surface area contributed by atoms with E-state index in [0.717, 1.165) is 45.4 Å². The van der Waals surface area contributed by atoms with Crippen molar-refractivity contribution in [2.24, 2.45) is 5.92 Å². The van der Waals surface area contributed by atoms with E-state index in [2.05, 4.69) is 5.32 Å². The molecule has 3 fully saturated rings. The third kappa shape index (κ3) is 2.92. The summed E-state index contributed by atoms with van der Waals surface area (Å²) >= 11 is 0. The van der Waals surface area contributed by atoms with Crippen molar-refractivity contribution in [3.63, 3.8) is 0 Å². The Hall–Kier alpha value is -1.14. The molecule has 2 amide bonds. The summed E-state index contributed by atoms with van der Waals surface area (Å²) < 4.78 is 5.44. The van der Waals surface area contributed by atoms with E-state index in [9.17, 15) is 9.59 Å². The van der Waals surface area contributed by atoms with E-state index < -0.39 is 0 Å². The highest BCUT2D eigenvalue weighted by Crippen LogP contribution is 2.24. The monoisotopic (exact) mass is 295 g/mol. The highest BCUT2D eigenvalue weighted by atomic mass is 16.5. The molecule has 1 N–H and O–H groups in total. The molecule has 3 aliphatic rings. The Morgan fingerprint density at radius 3 is 2.90 bits per heavy atom. The molecule has 0 aliphatic carbocycles. The molecule has 3 saturated heterocycles. The lowest BCUT2D eigenvalue weighted by Gasteiger charge is -2.44. The number of rotatable bonds is 4. The third-order valence-corrected chi connectivity index (χ3v) is 5.07. The number of ether oxygens (including phenoxy) is 1. The molecule has 0 aromatic carbocycles. The summed E-state index contributed by atoms with van der Waals surface area (Å²) in [6.45, 7) is 3.14. The molecule has 3 rings (SSSR count). The molecular formula is C15H25N3O3. The van der Waals surface area contributed by atoms with Crippen molar-refractivity contribution in [2.75, 3.05) is 39.9 Å². The summed E-state index contributed by atoms with van der Waals surface area (Å²) in [6, 6.07) is -0.00303. The van der Waals surface area contributed by atoms with Crippen LogP contribution in [0, 0.1) is 5.92 Å². The zero-order valence-electron chi connectivity index (χ0n) is 12.7. The van der Waals surface area contributed by atoms with E-state index >= 15 is 0 Å². The second kappa shape index (κ2) is 6.32. The van der Waals surface area contributed by atoms with Crippen LogP contribution < -0.4 is 5.32 Å². The van der Waals surface area contributed by atoms with E-state index in [-0.39, 0.29) is 30.4 Å². The quantitative estimate of drug-likeness (QED) is 0.782. The molecule has 3 aliphatic heterocycles. The van der Waals surface area contributed by atoms with Crippen molar-refractivity contribution in [1.82, 2.24) is 15.1 Å². The number of piperazine rings is 1. The molecule has 3 unspecified atom stereocenters. The Labute approximate surface area is 125 Å². The van der Waals surface area contributed by atoms with Gasteiger partial charge in [0.1, 0.15) is 6.04 Å². The van der Waals surface area contributed by atoms with Crippen LogP contribution >= 0.6 is 0 Å². The van der Waals surface area contributed by atoms with Gasteiger partial charge in [0.15, 0.2) is 0 Å². The Kier molecular flexibility index (Phi) is 4.45. The van der Waals surface area contributed by atoms with Gasteiger partial charge in [-0.25, -0.2) is 0 Å². The number of amides is 2. The van der Waals surface area contributed by atoms with Gasteiger partial charge in [0.25, 0.3) is 0 Å². The van der Waals surface area contributed by atoms with Gasteiger partial charge in [0.05, 0.1) is 13.2 Å². The second-order valence-corrected chi connectivity index (χ2v) is 6.34. The van der Waals surface area contributed by atoms with Crippen molar-refractivity contribution in [3.05, 3.63) is 0 Å². The zero-order valence-corrected chi connectivity index (χ0v) is 12.7. The van der Waals surface area contributed by atoms with Crippen LogP contribution in [0.2, 0.25) is 0 Å². The van der Waals surface area contributed by atoms with Crippen LogP contribution in [0.25, 0.3) is 0 Å². The molecule has 118 valence electrons. The van der Waals surface area contributed by atoms with E-state index in [1.807, 2.05) is 7.05 Å². The third-order valence-electron chi connectivity index (χ3n) is 5.07. The molecule has 21 heavy (non-hydrogen) atoms. The van der Waals surface area contributed by atoms with E-state index in [0.29, 0.717) is 12.5 Å². The first kappa shape index (κ1) is 14.8. The molecule has 0 bridgehead atoms. The van der Waals surface area contributed by atoms with Gasteiger partial charge in [-0.15, -0.1) is 0 Å². The van der Waals surface area contributed by atoms with Gasteiger partial charge in [-0.05, 0) is 32.7 Å². The highest BCUT2D eigenvalue weighted by Gasteiger charge is 2.41. The van der Waals surface area contributed by atoms with Crippen molar-refractivity contribution in [1.29, 1.82) is 0 Å². The van der Waals surface area contributed by atoms with Gasteiger partial charge < -0.3 is 19.9 Å². The minimum Gasteiger partial charge on any atom is -0.381 e. The van der Waals surface area contributed by atoms with Crippen molar-refractivity contribution in [3.8, 4) is 0 Å². The molecule has 0 radical (unpaired) electrons. The first-order chi connectivity index (χ1) is 10.2. The van der Waals surface area contributed by atoms with E-state index in [4.69, 9.17) is 4.74 Å². The fourth-order valence-corrected chi connectivity index (χ4v) is 3.77. The molecule has 6 nitrogen and oxygen atoms in total. The number of hydrogen-bond donors (Lipinski definition) is 1. The SMILES string of the molecule is CNC(CN1CC(=O)N2CCCCC2C1=O)C1CCOC1. The molecule has 3 heterocycles. The van der Waals surface area contributed by atoms with E-state index in [1.165, 1.54) is 0 Å². The average molecular weight is 295 g/mol. The minimum absolute atomic E-state index is 0.108. The predicted molar refractivity (Wildman–Crippen MR) is 77.7 cm³/mol. The van der Waals surface area contributed by atoms with Gasteiger partial charge in [0, 0.05) is 31.7 Å². The van der Waals surface area contributed by atoms with Gasteiger partial charge in [-0.2, -0.15) is 0 Å². The smallest absolute Gasteiger partial charge is 0.245 e. The number of nitrogens with zero attached hydrogens (tertiary/aromatic N) is 2. The fraction of sp³-hybridized carbons (Fsp3) is 0.867. The Morgan fingerprint density at radius 1 is 1.33 bits per heavy atom. The first-order valence-electron chi connectivity index (χ1n) is 8.04. The summed E-state index contributed by atoms with van der Waals surface area (Å²) in [7, 11) is 1.92. The van der Waals surface area contributed by atoms with Crippen LogP contribution in [0.15, 0.2) is 0 Å². The maximum absolute atomic E-state index is 12.6. The summed E-state index contributed by atoms with van der Waals surface area (Å²) in [4.78, 5) is 28.5. The topological polar surface area (TPSA) is 61.9 Å². The molecule has 0 aromatic heterocycles. The van der Waals surface area contributed by atoms with Crippen LogP contribution in [-0.2, 0) is 14.3 Å². The molecule has 0 saturated carbocycles. The number of nitrogens with one attached hydrogen (secondary N) is 1. The van der Waals surface area contributed by atoms with Gasteiger partial charge in [-0.1, -0.05) is 0 Å². The second-order valence-electron chi connectivity index (χ2n) is 6.34. The van der Waals surface area contributed by atoms with Crippen LogP contribution in [0.5, 0.6) is 0 Å². The Morgan fingerprint density at radius 2 is 2.19 bits per heavy atom. The zero-order chi connectivity index (χ0) is 14.8. The standard InChI is InChI=1S/C15H25N3O3/c1-16-12(11-5-7-21-10-11)8-17-9-14(19)18-6-3-2-4-13(18)15(17)20/h11-13,16H,2-10H2,1H3. The van der Waals surface area contributed by atoms with Crippen molar-refractivity contribution < 1.29 is 14.3 Å². The van der Waals surface area contributed by atoms with Gasteiger partial charge in [0.2, 0.25) is 11.8 Å². The molecule has 3 atom stereocenters. The maximum Gasteiger partial charge on any atom is 0.245 e. The summed E-state index contributed by atoms with van der Waals surface area (Å²) in [5.41, 5.74) is 0. The number of fused-ring (bicyclic) bond motifs is 1. The van der Waals surface area contributed by atoms with Gasteiger partial charge in [-0.3, -0.25) is 9.59 Å². The van der Waals surface area contributed by atoms with E-state index in [1.54, 1.807) is 9.80 Å². The molecule has 6 heteroatoms. The maximum atomic E-state index is 12.6. The lowest BCUT2D eigenvalue weighted by Crippen LogP contribution is -2.63. The van der Waals surface area contributed by atoms with Crippen LogP contribution in [-0.4, -0.2) is 73.6 Å². The minimum atomic E-state index is -0.211. The number of carbonyl (C=O) groups excluding carboxylic acids is 2. The normalized spacial score (nSPS) is 31.5. The van der Waals surface area contributed by atoms with Crippen LogP contribution in [0.4, 0.5) is 0 Å². The van der Waals surface area contributed by atoms with Gasteiger partial charge >= 0.3 is 0 Å². The number of likely N-dealkylation sites (N-methyl/N-ethyl adjacent to an activating group) is 1. The number of hydrogen-bond acceptors (Lipinski definition) is 4.